The molecule has 0 heterocycles. The molecule has 104 valence electrons. The van der Waals surface area contributed by atoms with E-state index >= 15 is 0 Å². The number of rotatable bonds is 3. The van der Waals surface area contributed by atoms with Crippen molar-refractivity contribution in [1.82, 2.24) is 5.32 Å². The molecule has 5 nitrogen and oxygen atoms in total. The first kappa shape index (κ1) is 14.1. The fourth-order valence-corrected chi connectivity index (χ4v) is 2.93. The number of urea groups is 1. The van der Waals surface area contributed by atoms with Gasteiger partial charge in [0.25, 0.3) is 0 Å². The molecule has 0 aliphatic rings. The predicted octanol–water partition coefficient (Wildman–Crippen LogP) is 2.27. The zero-order valence-corrected chi connectivity index (χ0v) is 11.6. The van der Waals surface area contributed by atoms with Gasteiger partial charge in [-0.1, -0.05) is 18.2 Å². The van der Waals surface area contributed by atoms with Crippen LogP contribution in [0.1, 0.15) is 0 Å². The average Bonchev–Trinajstić information content (AvgIpc) is 2.48. The molecule has 2 N–H and O–H groups in total. The second-order valence-electron chi connectivity index (χ2n) is 4.04. The van der Waals surface area contributed by atoms with Crippen molar-refractivity contribution in [3.05, 3.63) is 54.6 Å². The lowest BCUT2D eigenvalue weighted by Gasteiger charge is -2.07. The van der Waals surface area contributed by atoms with Crippen molar-refractivity contribution in [1.29, 1.82) is 0 Å². The molecule has 0 fully saturated rings. The first-order chi connectivity index (χ1) is 9.54. The average molecular weight is 290 g/mol. The maximum absolute atomic E-state index is 12.3. The largest absolute Gasteiger partial charge is 0.341 e. The van der Waals surface area contributed by atoms with Crippen molar-refractivity contribution in [3.63, 3.8) is 0 Å². The standard InChI is InChI=1S/C14H14N2O3S/c1-15-14(17)16-11-7-9-13(10-8-11)20(18,19)12-5-3-2-4-6-12/h2-10H,1H3,(H2,15,16,17). The van der Waals surface area contributed by atoms with E-state index < -0.39 is 9.84 Å². The summed E-state index contributed by atoms with van der Waals surface area (Å²) in [7, 11) is -2.01. The fourth-order valence-electron chi connectivity index (χ4n) is 1.65. The SMILES string of the molecule is CNC(=O)Nc1ccc(S(=O)(=O)c2ccccc2)cc1. The van der Waals surface area contributed by atoms with Crippen molar-refractivity contribution in [2.75, 3.05) is 12.4 Å². The van der Waals surface area contributed by atoms with E-state index in [1.54, 1.807) is 42.5 Å². The molecule has 6 heteroatoms. The second kappa shape index (κ2) is 5.75. The number of sulfone groups is 1. The monoisotopic (exact) mass is 290 g/mol. The Morgan fingerprint density at radius 3 is 2.00 bits per heavy atom. The molecule has 0 aromatic heterocycles. The fraction of sp³-hybridized carbons (Fsp3) is 0.0714. The summed E-state index contributed by atoms with van der Waals surface area (Å²) in [5.41, 5.74) is 0.524. The zero-order valence-electron chi connectivity index (χ0n) is 10.8. The van der Waals surface area contributed by atoms with Gasteiger partial charge in [-0.25, -0.2) is 13.2 Å². The van der Waals surface area contributed by atoms with Gasteiger partial charge in [-0.15, -0.1) is 0 Å². The summed E-state index contributed by atoms with van der Waals surface area (Å²) in [5.74, 6) is 0. The lowest BCUT2D eigenvalue weighted by Crippen LogP contribution is -2.24. The van der Waals surface area contributed by atoms with Gasteiger partial charge in [0.15, 0.2) is 0 Å². The molecule has 0 unspecified atom stereocenters. The Balaban J connectivity index is 2.28. The summed E-state index contributed by atoms with van der Waals surface area (Å²) in [6.45, 7) is 0. The first-order valence-corrected chi connectivity index (χ1v) is 7.41. The molecular formula is C14H14N2O3S. The third-order valence-corrected chi connectivity index (χ3v) is 4.49. The highest BCUT2D eigenvalue weighted by Crippen LogP contribution is 2.21. The maximum Gasteiger partial charge on any atom is 0.318 e. The second-order valence-corrected chi connectivity index (χ2v) is 5.99. The van der Waals surface area contributed by atoms with E-state index in [-0.39, 0.29) is 15.8 Å². The number of amides is 2. The molecule has 2 aromatic carbocycles. The van der Waals surface area contributed by atoms with Crippen LogP contribution in [-0.2, 0) is 9.84 Å². The molecule has 0 aliphatic heterocycles. The number of hydrogen-bond donors (Lipinski definition) is 2. The molecule has 0 saturated heterocycles. The highest BCUT2D eigenvalue weighted by atomic mass is 32.2. The van der Waals surface area contributed by atoms with E-state index in [0.29, 0.717) is 5.69 Å². The number of benzene rings is 2. The summed E-state index contributed by atoms with van der Waals surface area (Å²) in [6.07, 6.45) is 0. The summed E-state index contributed by atoms with van der Waals surface area (Å²) < 4.78 is 24.6. The molecule has 0 spiro atoms. The van der Waals surface area contributed by atoms with Crippen LogP contribution in [0, 0.1) is 0 Å². The van der Waals surface area contributed by atoms with Gasteiger partial charge in [0.05, 0.1) is 9.79 Å². The van der Waals surface area contributed by atoms with Crippen LogP contribution in [0.2, 0.25) is 0 Å². The van der Waals surface area contributed by atoms with Crippen molar-refractivity contribution in [2.45, 2.75) is 9.79 Å². The highest BCUT2D eigenvalue weighted by molar-refractivity contribution is 7.91. The lowest BCUT2D eigenvalue weighted by molar-refractivity contribution is 0.254. The van der Waals surface area contributed by atoms with E-state index in [2.05, 4.69) is 10.6 Å². The lowest BCUT2D eigenvalue weighted by atomic mass is 10.3. The molecule has 20 heavy (non-hydrogen) atoms. The molecule has 0 saturated carbocycles. The van der Waals surface area contributed by atoms with E-state index in [9.17, 15) is 13.2 Å². The Hall–Kier alpha value is -2.34. The minimum absolute atomic E-state index is 0.186. The normalized spacial score (nSPS) is 10.8. The maximum atomic E-state index is 12.3. The van der Waals surface area contributed by atoms with Crippen molar-refractivity contribution in [2.24, 2.45) is 0 Å². The van der Waals surface area contributed by atoms with Crippen molar-refractivity contribution >= 4 is 21.6 Å². The van der Waals surface area contributed by atoms with E-state index in [1.807, 2.05) is 0 Å². The van der Waals surface area contributed by atoms with Gasteiger partial charge in [0.1, 0.15) is 0 Å². The topological polar surface area (TPSA) is 75.3 Å². The summed E-state index contributed by atoms with van der Waals surface area (Å²) in [6, 6.07) is 13.9. The van der Waals surface area contributed by atoms with Gasteiger partial charge >= 0.3 is 6.03 Å². The van der Waals surface area contributed by atoms with Gasteiger partial charge in [0.2, 0.25) is 9.84 Å². The molecule has 0 atom stereocenters. The van der Waals surface area contributed by atoms with Crippen molar-refractivity contribution < 1.29 is 13.2 Å². The Morgan fingerprint density at radius 2 is 1.45 bits per heavy atom. The van der Waals surface area contributed by atoms with Crippen molar-refractivity contribution in [3.8, 4) is 0 Å². The van der Waals surface area contributed by atoms with Crippen LogP contribution >= 0.6 is 0 Å². The van der Waals surface area contributed by atoms with E-state index in [1.165, 1.54) is 19.2 Å². The van der Waals surface area contributed by atoms with Crippen LogP contribution in [0.3, 0.4) is 0 Å². The minimum atomic E-state index is -3.52. The van der Waals surface area contributed by atoms with Crippen LogP contribution in [0.25, 0.3) is 0 Å². The van der Waals surface area contributed by atoms with Crippen LogP contribution < -0.4 is 10.6 Å². The quantitative estimate of drug-likeness (QED) is 0.910. The summed E-state index contributed by atoms with van der Waals surface area (Å²) in [4.78, 5) is 11.6. The molecular weight excluding hydrogens is 276 g/mol. The molecule has 0 bridgehead atoms. The third-order valence-electron chi connectivity index (χ3n) is 2.70. The molecule has 0 radical (unpaired) electrons. The number of carbonyl (C=O) groups excluding carboxylic acids is 1. The smallest absolute Gasteiger partial charge is 0.318 e. The van der Waals surface area contributed by atoms with Gasteiger partial charge in [0, 0.05) is 12.7 Å². The zero-order chi connectivity index (χ0) is 14.6. The Labute approximate surface area is 117 Å². The van der Waals surface area contributed by atoms with Gasteiger partial charge in [-0.3, -0.25) is 0 Å². The van der Waals surface area contributed by atoms with Gasteiger partial charge < -0.3 is 10.6 Å². The number of carbonyl (C=O) groups is 1. The molecule has 2 rings (SSSR count). The Bertz CT molecular complexity index is 695. The van der Waals surface area contributed by atoms with Gasteiger partial charge in [-0.05, 0) is 36.4 Å². The van der Waals surface area contributed by atoms with Gasteiger partial charge in [-0.2, -0.15) is 0 Å². The van der Waals surface area contributed by atoms with E-state index in [4.69, 9.17) is 0 Å². The number of hydrogen-bond acceptors (Lipinski definition) is 3. The minimum Gasteiger partial charge on any atom is -0.341 e. The predicted molar refractivity (Wildman–Crippen MR) is 76.4 cm³/mol. The van der Waals surface area contributed by atoms with Crippen LogP contribution in [0.15, 0.2) is 64.4 Å². The number of nitrogens with one attached hydrogen (secondary N) is 2. The summed E-state index contributed by atoms with van der Waals surface area (Å²) >= 11 is 0. The molecule has 2 amide bonds. The molecule has 0 aliphatic carbocycles. The summed E-state index contributed by atoms with van der Waals surface area (Å²) in [5, 5.41) is 4.98. The molecule has 2 aromatic rings. The Kier molecular flexibility index (Phi) is 4.05. The third kappa shape index (κ3) is 2.97. The number of anilines is 1. The van der Waals surface area contributed by atoms with Crippen LogP contribution in [0.4, 0.5) is 10.5 Å². The Morgan fingerprint density at radius 1 is 0.900 bits per heavy atom. The first-order valence-electron chi connectivity index (χ1n) is 5.93. The van der Waals surface area contributed by atoms with Crippen LogP contribution in [0.5, 0.6) is 0 Å². The van der Waals surface area contributed by atoms with E-state index in [0.717, 1.165) is 0 Å². The van der Waals surface area contributed by atoms with Crippen LogP contribution in [-0.4, -0.2) is 21.5 Å². The highest BCUT2D eigenvalue weighted by Gasteiger charge is 2.16.